The van der Waals surface area contributed by atoms with Gasteiger partial charge in [0.25, 0.3) is 5.91 Å². The number of carbonyl (C=O) groups excluding carboxylic acids is 1. The standard InChI is InChI=1S/C27H33NO4S/c1-18-10-11-20(27(2,3)4)16-24(18)33-17-21-12-13-23(32-21)26(29)28-15-14-19-8-7-9-22(30-5)25(19)31-6/h7-13,16H,14-15,17H2,1-6H3,(H,28,29). The highest BCUT2D eigenvalue weighted by Crippen LogP contribution is 2.32. The first-order chi connectivity index (χ1) is 15.7. The van der Waals surface area contributed by atoms with Gasteiger partial charge in [-0.3, -0.25) is 4.79 Å². The molecule has 0 unspecified atom stereocenters. The van der Waals surface area contributed by atoms with Gasteiger partial charge in [0.15, 0.2) is 17.3 Å². The topological polar surface area (TPSA) is 60.7 Å². The molecule has 2 aromatic carbocycles. The summed E-state index contributed by atoms with van der Waals surface area (Å²) in [5, 5.41) is 2.92. The lowest BCUT2D eigenvalue weighted by Crippen LogP contribution is -2.25. The zero-order chi connectivity index (χ0) is 24.0. The smallest absolute Gasteiger partial charge is 0.287 e. The number of aryl methyl sites for hydroxylation is 1. The van der Waals surface area contributed by atoms with E-state index in [4.69, 9.17) is 13.9 Å². The Bertz CT molecular complexity index is 1100. The molecule has 33 heavy (non-hydrogen) atoms. The number of amides is 1. The molecular formula is C27H33NO4S. The average Bonchev–Trinajstić information content (AvgIpc) is 3.26. The molecule has 5 nitrogen and oxygen atoms in total. The number of carbonyl (C=O) groups is 1. The van der Waals surface area contributed by atoms with Crippen molar-refractivity contribution in [2.45, 2.75) is 50.2 Å². The number of para-hydroxylation sites is 1. The number of furan rings is 1. The van der Waals surface area contributed by atoms with Gasteiger partial charge in [0.1, 0.15) is 5.76 Å². The van der Waals surface area contributed by atoms with Gasteiger partial charge in [-0.2, -0.15) is 0 Å². The van der Waals surface area contributed by atoms with Crippen molar-refractivity contribution in [2.75, 3.05) is 20.8 Å². The van der Waals surface area contributed by atoms with Crippen LogP contribution < -0.4 is 14.8 Å². The van der Waals surface area contributed by atoms with Gasteiger partial charge in [-0.05, 0) is 59.7 Å². The van der Waals surface area contributed by atoms with Crippen LogP contribution in [0.3, 0.4) is 0 Å². The molecule has 0 aliphatic heterocycles. The zero-order valence-electron chi connectivity index (χ0n) is 20.3. The summed E-state index contributed by atoms with van der Waals surface area (Å²) in [6.07, 6.45) is 0.624. The highest BCUT2D eigenvalue weighted by Gasteiger charge is 2.16. The molecular weight excluding hydrogens is 434 g/mol. The molecule has 0 saturated heterocycles. The molecule has 1 amide bonds. The van der Waals surface area contributed by atoms with Gasteiger partial charge in [0.2, 0.25) is 0 Å². The van der Waals surface area contributed by atoms with Crippen LogP contribution in [0.25, 0.3) is 0 Å². The van der Waals surface area contributed by atoms with E-state index < -0.39 is 0 Å². The van der Waals surface area contributed by atoms with E-state index >= 15 is 0 Å². The van der Waals surface area contributed by atoms with E-state index in [1.807, 2.05) is 24.3 Å². The Kier molecular flexibility index (Phi) is 8.14. The van der Waals surface area contributed by atoms with Crippen molar-refractivity contribution in [3.63, 3.8) is 0 Å². The van der Waals surface area contributed by atoms with Crippen molar-refractivity contribution in [3.8, 4) is 11.5 Å². The quantitative estimate of drug-likeness (QED) is 0.382. The number of hydrogen-bond donors (Lipinski definition) is 1. The first-order valence-electron chi connectivity index (χ1n) is 11.0. The molecule has 3 aromatic rings. The highest BCUT2D eigenvalue weighted by atomic mass is 32.2. The minimum absolute atomic E-state index is 0.105. The van der Waals surface area contributed by atoms with Gasteiger partial charge in [-0.1, -0.05) is 45.0 Å². The Labute approximate surface area is 200 Å². The Hall–Kier alpha value is -2.86. The summed E-state index contributed by atoms with van der Waals surface area (Å²) >= 11 is 1.73. The van der Waals surface area contributed by atoms with Crippen molar-refractivity contribution in [2.24, 2.45) is 0 Å². The summed E-state index contributed by atoms with van der Waals surface area (Å²) in [5.74, 6) is 2.92. The molecule has 6 heteroatoms. The fourth-order valence-corrected chi connectivity index (χ4v) is 4.46. The Morgan fingerprint density at radius 2 is 1.85 bits per heavy atom. The summed E-state index contributed by atoms with van der Waals surface area (Å²) in [6, 6.07) is 15.9. The number of hydrogen-bond acceptors (Lipinski definition) is 5. The first kappa shape index (κ1) is 24.8. The molecule has 3 rings (SSSR count). The lowest BCUT2D eigenvalue weighted by atomic mass is 9.87. The maximum atomic E-state index is 12.5. The van der Waals surface area contributed by atoms with Crippen molar-refractivity contribution in [1.82, 2.24) is 5.32 Å². The molecule has 176 valence electrons. The van der Waals surface area contributed by atoms with E-state index in [0.717, 1.165) is 11.3 Å². The second-order valence-corrected chi connectivity index (χ2v) is 9.96. The zero-order valence-corrected chi connectivity index (χ0v) is 21.1. The third-order valence-electron chi connectivity index (χ3n) is 5.47. The summed E-state index contributed by atoms with van der Waals surface area (Å²) in [4.78, 5) is 13.8. The molecule has 0 aliphatic rings. The van der Waals surface area contributed by atoms with Crippen LogP contribution in [0.4, 0.5) is 0 Å². The Morgan fingerprint density at radius 1 is 1.06 bits per heavy atom. The van der Waals surface area contributed by atoms with Crippen molar-refractivity contribution >= 4 is 17.7 Å². The van der Waals surface area contributed by atoms with Crippen LogP contribution in [0.1, 0.15) is 53.8 Å². The maximum Gasteiger partial charge on any atom is 0.287 e. The fourth-order valence-electron chi connectivity index (χ4n) is 3.50. The van der Waals surface area contributed by atoms with E-state index in [-0.39, 0.29) is 11.3 Å². The summed E-state index contributed by atoms with van der Waals surface area (Å²) in [5.41, 5.74) is 3.63. The number of nitrogens with one attached hydrogen (secondary N) is 1. The lowest BCUT2D eigenvalue weighted by Gasteiger charge is -2.20. The van der Waals surface area contributed by atoms with E-state index in [1.54, 1.807) is 32.0 Å². The van der Waals surface area contributed by atoms with E-state index in [2.05, 4.69) is 51.2 Å². The van der Waals surface area contributed by atoms with Crippen LogP contribution in [0, 0.1) is 6.92 Å². The summed E-state index contributed by atoms with van der Waals surface area (Å²) in [6.45, 7) is 9.23. The van der Waals surface area contributed by atoms with Crippen molar-refractivity contribution < 1.29 is 18.7 Å². The highest BCUT2D eigenvalue weighted by molar-refractivity contribution is 7.98. The van der Waals surface area contributed by atoms with E-state index in [9.17, 15) is 4.79 Å². The minimum atomic E-state index is -0.223. The van der Waals surface area contributed by atoms with Gasteiger partial charge < -0.3 is 19.2 Å². The first-order valence-corrected chi connectivity index (χ1v) is 12.0. The molecule has 1 heterocycles. The van der Waals surface area contributed by atoms with Gasteiger partial charge in [0.05, 0.1) is 20.0 Å². The molecule has 0 atom stereocenters. The van der Waals surface area contributed by atoms with Gasteiger partial charge in [0, 0.05) is 11.4 Å². The number of thioether (sulfide) groups is 1. The van der Waals surface area contributed by atoms with Crippen LogP contribution in [-0.4, -0.2) is 26.7 Å². The predicted molar refractivity (Wildman–Crippen MR) is 134 cm³/mol. The third-order valence-corrected chi connectivity index (χ3v) is 6.65. The predicted octanol–water partition coefficient (Wildman–Crippen LogP) is 6.17. The molecule has 0 fully saturated rings. The summed E-state index contributed by atoms with van der Waals surface area (Å²) in [7, 11) is 3.22. The van der Waals surface area contributed by atoms with E-state index in [1.165, 1.54) is 16.0 Å². The van der Waals surface area contributed by atoms with Crippen LogP contribution in [0.15, 0.2) is 57.8 Å². The van der Waals surface area contributed by atoms with Crippen LogP contribution in [0.5, 0.6) is 11.5 Å². The number of benzene rings is 2. The monoisotopic (exact) mass is 467 g/mol. The largest absolute Gasteiger partial charge is 0.493 e. The van der Waals surface area contributed by atoms with Crippen LogP contribution in [-0.2, 0) is 17.6 Å². The molecule has 1 aromatic heterocycles. The van der Waals surface area contributed by atoms with Crippen molar-refractivity contribution in [1.29, 1.82) is 0 Å². The third kappa shape index (κ3) is 6.35. The molecule has 0 aliphatic carbocycles. The number of ether oxygens (including phenoxy) is 2. The number of methoxy groups -OCH3 is 2. The molecule has 0 radical (unpaired) electrons. The fraction of sp³-hybridized carbons (Fsp3) is 0.370. The normalized spacial score (nSPS) is 11.3. The molecule has 0 saturated carbocycles. The maximum absolute atomic E-state index is 12.5. The lowest BCUT2D eigenvalue weighted by molar-refractivity contribution is 0.0925. The van der Waals surface area contributed by atoms with Crippen LogP contribution in [0.2, 0.25) is 0 Å². The van der Waals surface area contributed by atoms with Crippen molar-refractivity contribution in [3.05, 3.63) is 76.7 Å². The van der Waals surface area contributed by atoms with Gasteiger partial charge >= 0.3 is 0 Å². The number of rotatable bonds is 9. The average molecular weight is 468 g/mol. The second-order valence-electron chi connectivity index (χ2n) is 8.94. The molecule has 0 spiro atoms. The van der Waals surface area contributed by atoms with Gasteiger partial charge in [-0.25, -0.2) is 0 Å². The Balaban J connectivity index is 1.56. The SMILES string of the molecule is COc1cccc(CCNC(=O)c2ccc(CSc3cc(C(C)(C)C)ccc3C)o2)c1OC. The van der Waals surface area contributed by atoms with Crippen LogP contribution >= 0.6 is 11.8 Å². The minimum Gasteiger partial charge on any atom is -0.493 e. The second kappa shape index (κ2) is 10.8. The molecule has 0 bridgehead atoms. The van der Waals surface area contributed by atoms with Gasteiger partial charge in [-0.15, -0.1) is 11.8 Å². The molecule has 1 N–H and O–H groups in total. The Morgan fingerprint density at radius 3 is 2.55 bits per heavy atom. The van der Waals surface area contributed by atoms with E-state index in [0.29, 0.717) is 36.0 Å². The summed E-state index contributed by atoms with van der Waals surface area (Å²) < 4.78 is 16.6.